The van der Waals surface area contributed by atoms with Crippen LogP contribution in [-0.2, 0) is 13.1 Å². The van der Waals surface area contributed by atoms with Gasteiger partial charge in [-0.2, -0.15) is 0 Å². The van der Waals surface area contributed by atoms with E-state index in [1.165, 1.54) is 4.90 Å². The maximum Gasteiger partial charge on any atom is 0.407 e. The second kappa shape index (κ2) is 6.09. The summed E-state index contributed by atoms with van der Waals surface area (Å²) in [5, 5.41) is 9.58. The van der Waals surface area contributed by atoms with Gasteiger partial charge >= 0.3 is 6.09 Å². The molecule has 1 aromatic heterocycles. The molecular formula is C16H16ClN3O4. The number of hydrogen-bond donors (Lipinski definition) is 2. The van der Waals surface area contributed by atoms with Crippen molar-refractivity contribution >= 4 is 23.6 Å². The van der Waals surface area contributed by atoms with Gasteiger partial charge in [-0.1, -0.05) is 23.7 Å². The lowest BCUT2D eigenvalue weighted by atomic mass is 10.0. The summed E-state index contributed by atoms with van der Waals surface area (Å²) in [5.74, 6) is 0.0419. The maximum absolute atomic E-state index is 12.0. The van der Waals surface area contributed by atoms with Crippen LogP contribution < -0.4 is 10.5 Å². The van der Waals surface area contributed by atoms with Crippen LogP contribution in [0.3, 0.4) is 0 Å². The zero-order valence-corrected chi connectivity index (χ0v) is 13.7. The molecule has 1 aliphatic heterocycles. The van der Waals surface area contributed by atoms with Crippen LogP contribution in [0.15, 0.2) is 24.3 Å². The molecule has 0 saturated heterocycles. The van der Waals surface area contributed by atoms with Crippen LogP contribution >= 0.6 is 11.6 Å². The predicted octanol–water partition coefficient (Wildman–Crippen LogP) is 2.41. The molecule has 0 fully saturated rings. The van der Waals surface area contributed by atoms with Crippen molar-refractivity contribution in [2.24, 2.45) is 5.73 Å². The van der Waals surface area contributed by atoms with Crippen molar-refractivity contribution in [2.75, 3.05) is 13.7 Å². The van der Waals surface area contributed by atoms with Crippen LogP contribution in [-0.4, -0.2) is 40.2 Å². The van der Waals surface area contributed by atoms with E-state index in [2.05, 4.69) is 0 Å². The smallest absolute Gasteiger partial charge is 0.407 e. The molecule has 0 aliphatic carbocycles. The highest BCUT2D eigenvalue weighted by Gasteiger charge is 2.31. The van der Waals surface area contributed by atoms with E-state index in [0.29, 0.717) is 35.2 Å². The lowest BCUT2D eigenvalue weighted by Crippen LogP contribution is -2.38. The summed E-state index contributed by atoms with van der Waals surface area (Å²) in [4.78, 5) is 24.5. The van der Waals surface area contributed by atoms with Gasteiger partial charge in [0.1, 0.15) is 10.9 Å². The van der Waals surface area contributed by atoms with Gasteiger partial charge in [-0.05, 0) is 17.7 Å². The SMILES string of the molecule is COc1ccc(-c2c(C(N)=O)c3n(c2Cl)CCN(C(=O)O)C3)cc1. The maximum atomic E-state index is 12.0. The van der Waals surface area contributed by atoms with E-state index < -0.39 is 12.0 Å². The molecule has 3 N–H and O–H groups in total. The molecule has 24 heavy (non-hydrogen) atoms. The third-order valence-corrected chi connectivity index (χ3v) is 4.53. The third kappa shape index (κ3) is 2.56. The molecule has 1 aromatic carbocycles. The number of methoxy groups -OCH3 is 1. The molecule has 2 aromatic rings. The minimum atomic E-state index is -1.04. The molecule has 7 nitrogen and oxygen atoms in total. The van der Waals surface area contributed by atoms with Crippen LogP contribution in [0.25, 0.3) is 11.1 Å². The monoisotopic (exact) mass is 349 g/mol. The number of fused-ring (bicyclic) bond motifs is 1. The minimum Gasteiger partial charge on any atom is -0.497 e. The molecular weight excluding hydrogens is 334 g/mol. The summed E-state index contributed by atoms with van der Waals surface area (Å²) in [6.07, 6.45) is -1.04. The summed E-state index contributed by atoms with van der Waals surface area (Å²) < 4.78 is 6.88. The number of carbonyl (C=O) groups is 2. The largest absolute Gasteiger partial charge is 0.497 e. The molecule has 0 bridgehead atoms. The molecule has 2 heterocycles. The van der Waals surface area contributed by atoms with Gasteiger partial charge in [-0.3, -0.25) is 4.79 Å². The van der Waals surface area contributed by atoms with E-state index in [9.17, 15) is 14.7 Å². The summed E-state index contributed by atoms with van der Waals surface area (Å²) in [6.45, 7) is 0.747. The molecule has 8 heteroatoms. The first-order chi connectivity index (χ1) is 11.4. The van der Waals surface area contributed by atoms with Gasteiger partial charge in [-0.15, -0.1) is 0 Å². The Morgan fingerprint density at radius 1 is 1.25 bits per heavy atom. The number of halogens is 1. The van der Waals surface area contributed by atoms with E-state index >= 15 is 0 Å². The summed E-state index contributed by atoms with van der Waals surface area (Å²) in [7, 11) is 1.56. The fourth-order valence-electron chi connectivity index (χ4n) is 2.96. The molecule has 126 valence electrons. The van der Waals surface area contributed by atoms with E-state index in [1.807, 2.05) is 0 Å². The lowest BCUT2D eigenvalue weighted by molar-refractivity contribution is 0.0993. The highest BCUT2D eigenvalue weighted by atomic mass is 35.5. The van der Waals surface area contributed by atoms with Gasteiger partial charge < -0.3 is 25.0 Å². The number of aromatic nitrogens is 1. The van der Waals surface area contributed by atoms with Crippen LogP contribution in [0, 0.1) is 0 Å². The molecule has 0 saturated carbocycles. The quantitative estimate of drug-likeness (QED) is 0.889. The van der Waals surface area contributed by atoms with Crippen LogP contribution in [0.5, 0.6) is 5.75 Å². The Hall–Kier alpha value is -2.67. The number of benzene rings is 1. The number of nitrogens with zero attached hydrogens (tertiary/aromatic N) is 2. The Kier molecular flexibility index (Phi) is 4.11. The number of amides is 2. The van der Waals surface area contributed by atoms with Crippen molar-refractivity contribution in [1.82, 2.24) is 9.47 Å². The minimum absolute atomic E-state index is 0.0729. The molecule has 2 amide bonds. The van der Waals surface area contributed by atoms with E-state index in [4.69, 9.17) is 22.1 Å². The summed E-state index contributed by atoms with van der Waals surface area (Å²) in [5.41, 5.74) is 7.59. The summed E-state index contributed by atoms with van der Waals surface area (Å²) >= 11 is 6.48. The fourth-order valence-corrected chi connectivity index (χ4v) is 3.35. The highest BCUT2D eigenvalue weighted by Crippen LogP contribution is 2.38. The first kappa shape index (κ1) is 16.2. The first-order valence-corrected chi connectivity index (χ1v) is 7.64. The number of rotatable bonds is 3. The van der Waals surface area contributed by atoms with Crippen LogP contribution in [0.1, 0.15) is 16.1 Å². The average molecular weight is 350 g/mol. The van der Waals surface area contributed by atoms with E-state index in [1.54, 1.807) is 35.9 Å². The Morgan fingerprint density at radius 3 is 2.46 bits per heavy atom. The van der Waals surface area contributed by atoms with Gasteiger partial charge in [-0.25, -0.2) is 4.79 Å². The molecule has 0 radical (unpaired) electrons. The fraction of sp³-hybridized carbons (Fsp3) is 0.250. The Labute approximate surface area is 143 Å². The molecule has 0 spiro atoms. The number of hydrogen-bond acceptors (Lipinski definition) is 3. The number of primary amides is 1. The van der Waals surface area contributed by atoms with Gasteiger partial charge in [0.25, 0.3) is 5.91 Å². The van der Waals surface area contributed by atoms with Crippen molar-refractivity contribution in [3.8, 4) is 16.9 Å². The second-order valence-electron chi connectivity index (χ2n) is 5.44. The summed E-state index contributed by atoms with van der Waals surface area (Å²) in [6, 6.07) is 7.09. The van der Waals surface area contributed by atoms with E-state index in [-0.39, 0.29) is 12.1 Å². The normalized spacial score (nSPS) is 13.5. The van der Waals surface area contributed by atoms with Crippen LogP contribution in [0.4, 0.5) is 4.79 Å². The highest BCUT2D eigenvalue weighted by molar-refractivity contribution is 6.33. The average Bonchev–Trinajstić information content (AvgIpc) is 2.87. The van der Waals surface area contributed by atoms with Crippen molar-refractivity contribution in [3.63, 3.8) is 0 Å². The number of carboxylic acid groups (broad SMARTS) is 1. The number of carbonyl (C=O) groups excluding carboxylic acids is 1. The van der Waals surface area contributed by atoms with Gasteiger partial charge in [0.15, 0.2) is 0 Å². The Bertz CT molecular complexity index is 814. The number of ether oxygens (including phenoxy) is 1. The van der Waals surface area contributed by atoms with Gasteiger partial charge in [0.2, 0.25) is 0 Å². The number of nitrogens with two attached hydrogens (primary N) is 1. The van der Waals surface area contributed by atoms with Crippen molar-refractivity contribution in [3.05, 3.63) is 40.7 Å². The Morgan fingerprint density at radius 2 is 1.92 bits per heavy atom. The topological polar surface area (TPSA) is 97.8 Å². The predicted molar refractivity (Wildman–Crippen MR) is 88.4 cm³/mol. The van der Waals surface area contributed by atoms with Crippen LogP contribution in [0.2, 0.25) is 5.15 Å². The van der Waals surface area contributed by atoms with Gasteiger partial charge in [0.05, 0.1) is 24.9 Å². The third-order valence-electron chi connectivity index (χ3n) is 4.14. The zero-order valence-electron chi connectivity index (χ0n) is 13.0. The lowest BCUT2D eigenvalue weighted by Gasteiger charge is -2.27. The van der Waals surface area contributed by atoms with Crippen molar-refractivity contribution < 1.29 is 19.4 Å². The van der Waals surface area contributed by atoms with Crippen molar-refractivity contribution in [1.29, 1.82) is 0 Å². The first-order valence-electron chi connectivity index (χ1n) is 7.27. The molecule has 0 atom stereocenters. The molecule has 1 aliphatic rings. The van der Waals surface area contributed by atoms with E-state index in [0.717, 1.165) is 5.56 Å². The molecule has 0 unspecified atom stereocenters. The zero-order chi connectivity index (χ0) is 17.4. The Balaban J connectivity index is 2.16. The van der Waals surface area contributed by atoms with Crippen molar-refractivity contribution in [2.45, 2.75) is 13.1 Å². The second-order valence-corrected chi connectivity index (χ2v) is 5.79. The molecule has 3 rings (SSSR count). The standard InChI is InChI=1S/C16H16ClN3O4/c1-24-10-4-2-9(3-5-10)12-13(15(18)21)11-8-19(16(22)23)6-7-20(11)14(12)17/h2-5H,6-8H2,1H3,(H2,18,21)(H,22,23). The van der Waals surface area contributed by atoms with Gasteiger partial charge in [0, 0.05) is 18.7 Å².